The summed E-state index contributed by atoms with van der Waals surface area (Å²) < 4.78 is 0. The fraction of sp³-hybridized carbons (Fsp3) is 0.400. The number of hydrogen-bond acceptors (Lipinski definition) is 3. The third-order valence-corrected chi connectivity index (χ3v) is 3.35. The molecule has 0 radical (unpaired) electrons. The number of fused-ring (bicyclic) bond motifs is 1. The fourth-order valence-corrected chi connectivity index (χ4v) is 2.70. The lowest BCUT2D eigenvalue weighted by Gasteiger charge is -2.07. The summed E-state index contributed by atoms with van der Waals surface area (Å²) in [6.07, 6.45) is 6.77. The molecular formula is C10H11NO2S. The van der Waals surface area contributed by atoms with Crippen LogP contribution in [0.3, 0.4) is 0 Å². The molecule has 1 aliphatic rings. The molecule has 3 nitrogen and oxygen atoms in total. The van der Waals surface area contributed by atoms with Gasteiger partial charge in [-0.3, -0.25) is 0 Å². The highest BCUT2D eigenvalue weighted by atomic mass is 32.2. The minimum atomic E-state index is -0.927. The molecule has 0 aliphatic heterocycles. The molecule has 14 heavy (non-hydrogen) atoms. The number of hydrogen-bond donors (Lipinski definition) is 1. The largest absolute Gasteiger partial charge is 0.476 e. The van der Waals surface area contributed by atoms with Gasteiger partial charge in [0, 0.05) is 11.1 Å². The summed E-state index contributed by atoms with van der Waals surface area (Å²) in [6, 6.07) is 0. The first-order valence-corrected chi connectivity index (χ1v) is 5.74. The van der Waals surface area contributed by atoms with E-state index in [0.29, 0.717) is 0 Å². The summed E-state index contributed by atoms with van der Waals surface area (Å²) in [5.74, 6) is -0.927. The maximum atomic E-state index is 10.9. The van der Waals surface area contributed by atoms with Crippen molar-refractivity contribution >= 4 is 17.7 Å². The van der Waals surface area contributed by atoms with Crippen LogP contribution in [0.4, 0.5) is 0 Å². The van der Waals surface area contributed by atoms with E-state index < -0.39 is 5.97 Å². The molecule has 0 saturated heterocycles. The molecule has 1 aromatic rings. The number of carboxylic acids is 1. The Labute approximate surface area is 86.5 Å². The second kappa shape index (κ2) is 3.61. The van der Waals surface area contributed by atoms with E-state index in [9.17, 15) is 4.79 Å². The SMILES string of the molecule is CSc1c(C(=O)O)ncc2c1CCC2. The van der Waals surface area contributed by atoms with Crippen molar-refractivity contribution in [2.45, 2.75) is 24.2 Å². The summed E-state index contributed by atoms with van der Waals surface area (Å²) >= 11 is 1.49. The molecule has 1 heterocycles. The smallest absolute Gasteiger partial charge is 0.355 e. The van der Waals surface area contributed by atoms with E-state index in [0.717, 1.165) is 24.2 Å². The summed E-state index contributed by atoms with van der Waals surface area (Å²) in [7, 11) is 0. The Balaban J connectivity index is 2.59. The molecule has 0 atom stereocenters. The van der Waals surface area contributed by atoms with Gasteiger partial charge in [-0.05, 0) is 36.6 Å². The van der Waals surface area contributed by atoms with Crippen LogP contribution >= 0.6 is 11.8 Å². The summed E-state index contributed by atoms with van der Waals surface area (Å²) in [4.78, 5) is 15.8. The Morgan fingerprint density at radius 3 is 3.00 bits per heavy atom. The molecule has 0 amide bonds. The van der Waals surface area contributed by atoms with Crippen LogP contribution in [0.25, 0.3) is 0 Å². The Hall–Kier alpha value is -1.03. The Bertz CT molecular complexity index is 390. The van der Waals surface area contributed by atoms with Gasteiger partial charge in [0.05, 0.1) is 0 Å². The molecule has 1 N–H and O–H groups in total. The number of rotatable bonds is 2. The number of carbonyl (C=O) groups is 1. The highest BCUT2D eigenvalue weighted by Gasteiger charge is 2.21. The zero-order chi connectivity index (χ0) is 10.1. The predicted molar refractivity (Wildman–Crippen MR) is 55.0 cm³/mol. The van der Waals surface area contributed by atoms with Gasteiger partial charge in [-0.15, -0.1) is 11.8 Å². The van der Waals surface area contributed by atoms with Crippen molar-refractivity contribution in [3.05, 3.63) is 23.0 Å². The van der Waals surface area contributed by atoms with Crippen LogP contribution in [0.2, 0.25) is 0 Å². The third kappa shape index (κ3) is 1.39. The van der Waals surface area contributed by atoms with Crippen LogP contribution in [0, 0.1) is 0 Å². The van der Waals surface area contributed by atoms with Crippen LogP contribution in [-0.4, -0.2) is 22.3 Å². The normalized spacial score (nSPS) is 14.1. The molecule has 0 fully saturated rings. The highest BCUT2D eigenvalue weighted by molar-refractivity contribution is 7.98. The van der Waals surface area contributed by atoms with E-state index in [2.05, 4.69) is 4.98 Å². The molecule has 2 rings (SSSR count). The number of nitrogens with zero attached hydrogens (tertiary/aromatic N) is 1. The van der Waals surface area contributed by atoms with E-state index in [1.54, 1.807) is 6.20 Å². The van der Waals surface area contributed by atoms with Crippen molar-refractivity contribution in [1.29, 1.82) is 0 Å². The average Bonchev–Trinajstić information content (AvgIpc) is 2.63. The fourth-order valence-electron chi connectivity index (χ4n) is 1.89. The van der Waals surface area contributed by atoms with E-state index in [-0.39, 0.29) is 5.69 Å². The van der Waals surface area contributed by atoms with Gasteiger partial charge in [0.15, 0.2) is 5.69 Å². The van der Waals surface area contributed by atoms with E-state index in [1.807, 2.05) is 6.26 Å². The lowest BCUT2D eigenvalue weighted by Crippen LogP contribution is -2.05. The standard InChI is InChI=1S/C10H11NO2S/c1-14-9-7-4-2-3-6(7)5-11-8(9)10(12)13/h5H,2-4H2,1H3,(H,12,13). The highest BCUT2D eigenvalue weighted by Crippen LogP contribution is 2.32. The van der Waals surface area contributed by atoms with Crippen molar-refractivity contribution in [3.63, 3.8) is 0 Å². The summed E-state index contributed by atoms with van der Waals surface area (Å²) in [5, 5.41) is 8.95. The average molecular weight is 209 g/mol. The predicted octanol–water partition coefficient (Wildman–Crippen LogP) is 1.99. The minimum absolute atomic E-state index is 0.207. The molecular weight excluding hydrogens is 198 g/mol. The van der Waals surface area contributed by atoms with Crippen LogP contribution in [0.1, 0.15) is 28.0 Å². The third-order valence-electron chi connectivity index (χ3n) is 2.51. The molecule has 0 bridgehead atoms. The number of carboxylic acid groups (broad SMARTS) is 1. The van der Waals surface area contributed by atoms with Crippen LogP contribution < -0.4 is 0 Å². The van der Waals surface area contributed by atoms with Crippen molar-refractivity contribution in [1.82, 2.24) is 4.98 Å². The van der Waals surface area contributed by atoms with Crippen molar-refractivity contribution in [2.24, 2.45) is 0 Å². The monoisotopic (exact) mass is 209 g/mol. The van der Waals surface area contributed by atoms with Crippen LogP contribution in [0.15, 0.2) is 11.1 Å². The van der Waals surface area contributed by atoms with E-state index in [4.69, 9.17) is 5.11 Å². The lowest BCUT2D eigenvalue weighted by molar-refractivity contribution is 0.0686. The quantitative estimate of drug-likeness (QED) is 0.757. The first-order valence-electron chi connectivity index (χ1n) is 4.52. The van der Waals surface area contributed by atoms with Gasteiger partial charge >= 0.3 is 5.97 Å². The Morgan fingerprint density at radius 2 is 2.36 bits per heavy atom. The van der Waals surface area contributed by atoms with Gasteiger partial charge in [-0.2, -0.15) is 0 Å². The molecule has 0 spiro atoms. The maximum Gasteiger partial charge on any atom is 0.355 e. The van der Waals surface area contributed by atoms with Crippen molar-refractivity contribution in [3.8, 4) is 0 Å². The zero-order valence-corrected chi connectivity index (χ0v) is 8.73. The van der Waals surface area contributed by atoms with Gasteiger partial charge in [0.1, 0.15) is 0 Å². The van der Waals surface area contributed by atoms with E-state index in [1.165, 1.54) is 22.9 Å². The molecule has 4 heteroatoms. The maximum absolute atomic E-state index is 10.9. The number of aromatic carboxylic acids is 1. The number of thioether (sulfide) groups is 1. The Morgan fingerprint density at radius 1 is 1.57 bits per heavy atom. The van der Waals surface area contributed by atoms with Gasteiger partial charge < -0.3 is 5.11 Å². The second-order valence-corrected chi connectivity index (χ2v) is 4.12. The molecule has 1 aliphatic carbocycles. The topological polar surface area (TPSA) is 50.2 Å². The van der Waals surface area contributed by atoms with Crippen LogP contribution in [-0.2, 0) is 12.8 Å². The second-order valence-electron chi connectivity index (χ2n) is 3.30. The van der Waals surface area contributed by atoms with Gasteiger partial charge in [0.25, 0.3) is 0 Å². The minimum Gasteiger partial charge on any atom is -0.476 e. The number of pyridine rings is 1. The first-order chi connectivity index (χ1) is 6.74. The number of aryl methyl sites for hydroxylation is 1. The Kier molecular flexibility index (Phi) is 2.46. The molecule has 1 aromatic heterocycles. The first kappa shape index (κ1) is 9.52. The van der Waals surface area contributed by atoms with Crippen molar-refractivity contribution < 1.29 is 9.90 Å². The van der Waals surface area contributed by atoms with Crippen molar-refractivity contribution in [2.75, 3.05) is 6.26 Å². The number of aromatic nitrogens is 1. The molecule has 0 aromatic carbocycles. The van der Waals surface area contributed by atoms with Gasteiger partial charge in [-0.25, -0.2) is 9.78 Å². The lowest BCUT2D eigenvalue weighted by atomic mass is 10.1. The zero-order valence-electron chi connectivity index (χ0n) is 7.91. The summed E-state index contributed by atoms with van der Waals surface area (Å²) in [6.45, 7) is 0. The van der Waals surface area contributed by atoms with Crippen LogP contribution in [0.5, 0.6) is 0 Å². The van der Waals surface area contributed by atoms with Gasteiger partial charge in [-0.1, -0.05) is 0 Å². The summed E-state index contributed by atoms with van der Waals surface area (Å²) in [5.41, 5.74) is 2.63. The molecule has 0 saturated carbocycles. The van der Waals surface area contributed by atoms with E-state index >= 15 is 0 Å². The molecule has 74 valence electrons. The van der Waals surface area contributed by atoms with Gasteiger partial charge in [0.2, 0.25) is 0 Å². The molecule has 0 unspecified atom stereocenters.